The maximum absolute atomic E-state index is 5.72. The second-order valence-corrected chi connectivity index (χ2v) is 4.48. The van der Waals surface area contributed by atoms with Crippen molar-refractivity contribution in [3.05, 3.63) is 35.3 Å². The molecule has 0 aromatic carbocycles. The molecule has 0 saturated heterocycles. The van der Waals surface area contributed by atoms with Crippen LogP contribution in [0.1, 0.15) is 23.2 Å². The summed E-state index contributed by atoms with van der Waals surface area (Å²) in [5.41, 5.74) is 9.93. The number of hydrogen-bond donors (Lipinski definition) is 3. The molecular weight excluding hydrogens is 226 g/mol. The summed E-state index contributed by atoms with van der Waals surface area (Å²) in [6.45, 7) is 4.92. The number of anilines is 2. The van der Waals surface area contributed by atoms with Gasteiger partial charge in [0.25, 0.3) is 0 Å². The fraction of sp³-hybridized carbons (Fsp3) is 0.385. The molecule has 0 aliphatic heterocycles. The van der Waals surface area contributed by atoms with Crippen molar-refractivity contribution < 1.29 is 0 Å². The van der Waals surface area contributed by atoms with Gasteiger partial charge in [-0.05, 0) is 43.9 Å². The van der Waals surface area contributed by atoms with Crippen LogP contribution in [0.15, 0.2) is 18.5 Å². The first-order valence-electron chi connectivity index (χ1n) is 6.11. The van der Waals surface area contributed by atoms with Crippen molar-refractivity contribution >= 4 is 11.5 Å². The average molecular weight is 245 g/mol. The predicted molar refractivity (Wildman–Crippen MR) is 73.5 cm³/mol. The number of H-pyrrole nitrogens is 1. The van der Waals surface area contributed by atoms with E-state index in [-0.39, 0.29) is 0 Å². The predicted octanol–water partition coefficient (Wildman–Crippen LogP) is 2.05. The van der Waals surface area contributed by atoms with Crippen LogP contribution in [0.25, 0.3) is 0 Å². The Bertz CT molecular complexity index is 518. The van der Waals surface area contributed by atoms with Crippen molar-refractivity contribution in [2.24, 2.45) is 0 Å². The van der Waals surface area contributed by atoms with Gasteiger partial charge in [0.05, 0.1) is 18.1 Å². The lowest BCUT2D eigenvalue weighted by molar-refractivity contribution is 0.853. The van der Waals surface area contributed by atoms with E-state index in [2.05, 4.69) is 20.5 Å². The number of nitrogens with two attached hydrogens (primary N) is 1. The molecule has 0 saturated carbocycles. The Morgan fingerprint density at radius 3 is 2.83 bits per heavy atom. The fourth-order valence-electron chi connectivity index (χ4n) is 1.79. The maximum Gasteiger partial charge on any atom is 0.126 e. The van der Waals surface area contributed by atoms with E-state index in [0.717, 1.165) is 42.1 Å². The molecule has 0 fully saturated rings. The van der Waals surface area contributed by atoms with Gasteiger partial charge in [0.2, 0.25) is 0 Å². The van der Waals surface area contributed by atoms with Gasteiger partial charge >= 0.3 is 0 Å². The zero-order valence-corrected chi connectivity index (χ0v) is 10.8. The number of rotatable bonds is 5. The zero-order valence-electron chi connectivity index (χ0n) is 10.8. The Morgan fingerprint density at radius 1 is 1.33 bits per heavy atom. The Hall–Kier alpha value is -2.04. The lowest BCUT2D eigenvalue weighted by Gasteiger charge is -2.07. The average Bonchev–Trinajstić information content (AvgIpc) is 2.75. The quantitative estimate of drug-likeness (QED) is 0.704. The summed E-state index contributed by atoms with van der Waals surface area (Å²) in [7, 11) is 0. The van der Waals surface area contributed by atoms with Crippen molar-refractivity contribution in [3.63, 3.8) is 0 Å². The van der Waals surface area contributed by atoms with Crippen LogP contribution in [0.5, 0.6) is 0 Å². The minimum Gasteiger partial charge on any atom is -0.397 e. The van der Waals surface area contributed by atoms with Gasteiger partial charge in [0.1, 0.15) is 5.82 Å². The highest BCUT2D eigenvalue weighted by Crippen LogP contribution is 2.13. The lowest BCUT2D eigenvalue weighted by Crippen LogP contribution is -2.05. The molecule has 5 nitrogen and oxygen atoms in total. The minimum absolute atomic E-state index is 0.731. The van der Waals surface area contributed by atoms with E-state index in [9.17, 15) is 0 Å². The number of aryl methyl sites for hydroxylation is 3. The fourth-order valence-corrected chi connectivity index (χ4v) is 1.79. The Balaban J connectivity index is 1.78. The highest BCUT2D eigenvalue weighted by Gasteiger charge is 2.01. The summed E-state index contributed by atoms with van der Waals surface area (Å²) in [6.07, 6.45) is 5.65. The van der Waals surface area contributed by atoms with Crippen molar-refractivity contribution in [1.29, 1.82) is 0 Å². The molecule has 0 unspecified atom stereocenters. The second-order valence-electron chi connectivity index (χ2n) is 4.48. The molecule has 0 spiro atoms. The molecule has 2 aromatic heterocycles. The second kappa shape index (κ2) is 5.53. The zero-order chi connectivity index (χ0) is 13.0. The first kappa shape index (κ1) is 12.4. The van der Waals surface area contributed by atoms with Gasteiger partial charge in [0.15, 0.2) is 0 Å². The summed E-state index contributed by atoms with van der Waals surface area (Å²) in [5.74, 6) is 0.880. The van der Waals surface area contributed by atoms with Gasteiger partial charge in [-0.25, -0.2) is 4.98 Å². The van der Waals surface area contributed by atoms with Crippen molar-refractivity contribution in [2.75, 3.05) is 17.6 Å². The summed E-state index contributed by atoms with van der Waals surface area (Å²) in [6, 6.07) is 1.97. The number of aromatic nitrogens is 3. The van der Waals surface area contributed by atoms with Gasteiger partial charge in [-0.15, -0.1) is 0 Å². The largest absolute Gasteiger partial charge is 0.397 e. The number of nitrogens with one attached hydrogen (secondary N) is 2. The minimum atomic E-state index is 0.731. The molecule has 5 heteroatoms. The van der Waals surface area contributed by atoms with Crippen LogP contribution in [0.2, 0.25) is 0 Å². The molecule has 0 bridgehead atoms. The van der Waals surface area contributed by atoms with E-state index in [1.165, 1.54) is 5.56 Å². The van der Waals surface area contributed by atoms with Gasteiger partial charge < -0.3 is 11.1 Å². The number of pyridine rings is 1. The highest BCUT2D eigenvalue weighted by molar-refractivity contribution is 5.50. The normalized spacial score (nSPS) is 10.6. The van der Waals surface area contributed by atoms with E-state index < -0.39 is 0 Å². The Morgan fingerprint density at radius 2 is 2.17 bits per heavy atom. The van der Waals surface area contributed by atoms with Crippen LogP contribution in [0.4, 0.5) is 11.5 Å². The topological polar surface area (TPSA) is 79.6 Å². The van der Waals surface area contributed by atoms with Crippen LogP contribution in [0, 0.1) is 13.8 Å². The summed E-state index contributed by atoms with van der Waals surface area (Å²) in [4.78, 5) is 4.24. The lowest BCUT2D eigenvalue weighted by atomic mass is 10.1. The summed E-state index contributed by atoms with van der Waals surface area (Å²) in [5, 5.41) is 10.2. The van der Waals surface area contributed by atoms with Crippen molar-refractivity contribution in [3.8, 4) is 0 Å². The molecule has 0 amide bonds. The first-order valence-corrected chi connectivity index (χ1v) is 6.11. The maximum atomic E-state index is 5.72. The number of hydrogen-bond acceptors (Lipinski definition) is 4. The summed E-state index contributed by atoms with van der Waals surface area (Å²) >= 11 is 0. The van der Waals surface area contributed by atoms with Gasteiger partial charge in [0, 0.05) is 12.2 Å². The van der Waals surface area contributed by atoms with Gasteiger partial charge in [-0.2, -0.15) is 5.10 Å². The molecular formula is C13H19N5. The molecule has 18 heavy (non-hydrogen) atoms. The third-order valence-electron chi connectivity index (χ3n) is 3.01. The smallest absolute Gasteiger partial charge is 0.126 e. The molecule has 2 heterocycles. The first-order chi connectivity index (χ1) is 8.66. The van der Waals surface area contributed by atoms with E-state index in [1.54, 1.807) is 6.20 Å². The molecule has 0 radical (unpaired) electrons. The molecule has 2 aromatic rings. The Labute approximate surface area is 107 Å². The number of aromatic amines is 1. The third kappa shape index (κ3) is 3.00. The SMILES string of the molecule is Cc1cc(NCCCc2cn[nH]c2C)ncc1N. The molecule has 0 aliphatic carbocycles. The molecule has 2 rings (SSSR count). The van der Waals surface area contributed by atoms with Gasteiger partial charge in [-0.1, -0.05) is 0 Å². The van der Waals surface area contributed by atoms with Crippen LogP contribution in [0.3, 0.4) is 0 Å². The summed E-state index contributed by atoms with van der Waals surface area (Å²) < 4.78 is 0. The van der Waals surface area contributed by atoms with E-state index in [0.29, 0.717) is 0 Å². The molecule has 4 N–H and O–H groups in total. The third-order valence-corrected chi connectivity index (χ3v) is 3.01. The Kier molecular flexibility index (Phi) is 3.82. The van der Waals surface area contributed by atoms with Crippen LogP contribution in [-0.2, 0) is 6.42 Å². The van der Waals surface area contributed by atoms with Crippen LogP contribution < -0.4 is 11.1 Å². The standard InChI is InChI=1S/C13H19N5/c1-9-6-13(16-8-12(9)14)15-5-3-4-11-7-17-18-10(11)2/h6-8H,3-5,14H2,1-2H3,(H,15,16)(H,17,18). The van der Waals surface area contributed by atoms with Crippen LogP contribution >= 0.6 is 0 Å². The molecule has 0 aliphatic rings. The van der Waals surface area contributed by atoms with E-state index in [1.807, 2.05) is 26.1 Å². The van der Waals surface area contributed by atoms with Crippen molar-refractivity contribution in [1.82, 2.24) is 15.2 Å². The van der Waals surface area contributed by atoms with Crippen LogP contribution in [-0.4, -0.2) is 21.7 Å². The van der Waals surface area contributed by atoms with E-state index >= 15 is 0 Å². The molecule has 96 valence electrons. The van der Waals surface area contributed by atoms with Crippen molar-refractivity contribution in [2.45, 2.75) is 26.7 Å². The number of nitrogen functional groups attached to an aromatic ring is 1. The van der Waals surface area contributed by atoms with Gasteiger partial charge in [-0.3, -0.25) is 5.10 Å². The van der Waals surface area contributed by atoms with E-state index in [4.69, 9.17) is 5.73 Å². The molecule has 0 atom stereocenters. The highest BCUT2D eigenvalue weighted by atomic mass is 15.1. The monoisotopic (exact) mass is 245 g/mol. The number of nitrogens with zero attached hydrogens (tertiary/aromatic N) is 2.